The van der Waals surface area contributed by atoms with Gasteiger partial charge in [-0.3, -0.25) is 15.6 Å². The fourth-order valence-corrected chi connectivity index (χ4v) is 3.61. The summed E-state index contributed by atoms with van der Waals surface area (Å²) in [6, 6.07) is 6.50. The van der Waals surface area contributed by atoms with E-state index >= 15 is 0 Å². The number of morpholine rings is 1. The highest BCUT2D eigenvalue weighted by atomic mass is 16.5. The number of ether oxygens (including phenoxy) is 1. The Kier molecular flexibility index (Phi) is 5.58. The number of anilines is 1. The number of aliphatic imine (C=N–C) groups is 1. The summed E-state index contributed by atoms with van der Waals surface area (Å²) in [5.41, 5.74) is 6.33. The zero-order valence-corrected chi connectivity index (χ0v) is 15.7. The van der Waals surface area contributed by atoms with Gasteiger partial charge in [0.1, 0.15) is 5.66 Å². The number of likely N-dealkylation sites (N-methyl/N-ethyl adjacent to an activating group) is 2. The van der Waals surface area contributed by atoms with E-state index in [-0.39, 0.29) is 5.66 Å². The molecule has 0 aliphatic carbocycles. The van der Waals surface area contributed by atoms with Gasteiger partial charge in [0, 0.05) is 33.1 Å². The number of nitrogens with zero attached hydrogens (tertiary/aromatic N) is 3. The molecule has 0 aromatic heterocycles. The molecule has 2 saturated heterocycles. The maximum Gasteiger partial charge on any atom is 0.154 e. The molecule has 7 nitrogen and oxygen atoms in total. The SMILES string of the molecule is CNN1CCC(NC)(NC)C1=Nc1cc(C)ccc1N1CCOCC1. The van der Waals surface area contributed by atoms with Crippen LogP contribution in [0.25, 0.3) is 0 Å². The number of rotatable bonds is 5. The van der Waals surface area contributed by atoms with E-state index < -0.39 is 0 Å². The van der Waals surface area contributed by atoms with Crippen LogP contribution in [0.3, 0.4) is 0 Å². The first kappa shape index (κ1) is 18.1. The first-order chi connectivity index (χ1) is 12.1. The number of amidine groups is 1. The van der Waals surface area contributed by atoms with Gasteiger partial charge in [-0.1, -0.05) is 6.07 Å². The third-order valence-electron chi connectivity index (χ3n) is 5.18. The number of nitrogens with one attached hydrogen (secondary N) is 3. The summed E-state index contributed by atoms with van der Waals surface area (Å²) in [4.78, 5) is 7.48. The number of hydrogen-bond acceptors (Lipinski definition) is 6. The Labute approximate surface area is 150 Å². The molecule has 2 heterocycles. The van der Waals surface area contributed by atoms with E-state index in [0.29, 0.717) is 0 Å². The Balaban J connectivity index is 2.04. The van der Waals surface area contributed by atoms with Gasteiger partial charge in [0.2, 0.25) is 0 Å². The van der Waals surface area contributed by atoms with E-state index in [9.17, 15) is 0 Å². The van der Waals surface area contributed by atoms with Crippen LogP contribution in [0.2, 0.25) is 0 Å². The topological polar surface area (TPSA) is 64.2 Å². The predicted octanol–water partition coefficient (Wildman–Crippen LogP) is 0.837. The minimum atomic E-state index is -0.324. The lowest BCUT2D eigenvalue weighted by molar-refractivity contribution is 0.123. The molecule has 3 N–H and O–H groups in total. The zero-order chi connectivity index (χ0) is 17.9. The molecule has 0 spiro atoms. The van der Waals surface area contributed by atoms with Crippen LogP contribution in [0, 0.1) is 6.92 Å². The molecule has 0 amide bonds. The van der Waals surface area contributed by atoms with E-state index in [4.69, 9.17) is 9.73 Å². The molecule has 2 aliphatic rings. The van der Waals surface area contributed by atoms with Crippen LogP contribution in [-0.4, -0.2) is 70.5 Å². The third-order valence-corrected chi connectivity index (χ3v) is 5.18. The Morgan fingerprint density at radius 1 is 1.08 bits per heavy atom. The number of hydrogen-bond donors (Lipinski definition) is 3. The molecule has 2 fully saturated rings. The van der Waals surface area contributed by atoms with Gasteiger partial charge >= 0.3 is 0 Å². The molecule has 1 aromatic rings. The van der Waals surface area contributed by atoms with Crippen LogP contribution < -0.4 is 21.0 Å². The first-order valence-electron chi connectivity index (χ1n) is 8.99. The summed E-state index contributed by atoms with van der Waals surface area (Å²) in [7, 11) is 5.89. The quantitative estimate of drug-likeness (QED) is 0.687. The van der Waals surface area contributed by atoms with E-state index in [0.717, 1.165) is 50.8 Å². The molecule has 1 aromatic carbocycles. The van der Waals surface area contributed by atoms with Gasteiger partial charge in [-0.05, 0) is 38.7 Å². The van der Waals surface area contributed by atoms with E-state index in [1.54, 1.807) is 0 Å². The molecular weight excluding hydrogens is 316 g/mol. The van der Waals surface area contributed by atoms with Crippen molar-refractivity contribution in [2.45, 2.75) is 19.0 Å². The van der Waals surface area contributed by atoms with Gasteiger partial charge in [-0.15, -0.1) is 0 Å². The molecule has 3 rings (SSSR count). The second-order valence-electron chi connectivity index (χ2n) is 6.56. The molecule has 0 bridgehead atoms. The lowest BCUT2D eigenvalue weighted by Gasteiger charge is -2.32. The molecule has 25 heavy (non-hydrogen) atoms. The maximum absolute atomic E-state index is 5.50. The molecule has 7 heteroatoms. The van der Waals surface area contributed by atoms with Crippen molar-refractivity contribution < 1.29 is 4.74 Å². The van der Waals surface area contributed by atoms with Crippen molar-refractivity contribution in [3.8, 4) is 0 Å². The monoisotopic (exact) mass is 346 g/mol. The van der Waals surface area contributed by atoms with Crippen LogP contribution in [0.5, 0.6) is 0 Å². The van der Waals surface area contributed by atoms with Crippen molar-refractivity contribution in [1.82, 2.24) is 21.1 Å². The third kappa shape index (κ3) is 3.50. The predicted molar refractivity (Wildman–Crippen MR) is 103 cm³/mol. The Hall–Kier alpha value is -1.67. The first-order valence-corrected chi connectivity index (χ1v) is 8.99. The van der Waals surface area contributed by atoms with E-state index in [1.807, 2.05) is 21.1 Å². The number of aryl methyl sites for hydroxylation is 1. The summed E-state index contributed by atoms with van der Waals surface area (Å²) in [6.45, 7) is 6.35. The van der Waals surface area contributed by atoms with Crippen molar-refractivity contribution in [2.24, 2.45) is 4.99 Å². The van der Waals surface area contributed by atoms with E-state index in [1.165, 1.54) is 11.3 Å². The zero-order valence-electron chi connectivity index (χ0n) is 15.7. The smallest absolute Gasteiger partial charge is 0.154 e. The van der Waals surface area contributed by atoms with E-state index in [2.05, 4.69) is 51.1 Å². The molecule has 0 saturated carbocycles. The normalized spacial score (nSPS) is 22.0. The van der Waals surface area contributed by atoms with Crippen molar-refractivity contribution >= 4 is 17.2 Å². The van der Waals surface area contributed by atoms with Crippen LogP contribution in [0.15, 0.2) is 23.2 Å². The second kappa shape index (κ2) is 7.70. The standard InChI is InChI=1S/C18H30N6O/c1-14-5-6-16(23-9-11-25-12-10-23)15(13-14)22-17-18(19-2,20-3)7-8-24(17)21-4/h5-6,13,19-21H,7-12H2,1-4H3. The van der Waals surface area contributed by atoms with Gasteiger partial charge in [0.05, 0.1) is 24.6 Å². The number of benzene rings is 1. The summed E-state index contributed by atoms with van der Waals surface area (Å²) in [5.74, 6) is 0.972. The fraction of sp³-hybridized carbons (Fsp3) is 0.611. The minimum absolute atomic E-state index is 0.324. The van der Waals surface area contributed by atoms with Crippen molar-refractivity contribution in [3.05, 3.63) is 23.8 Å². The highest BCUT2D eigenvalue weighted by Gasteiger charge is 2.42. The number of hydrazine groups is 1. The molecule has 2 aliphatic heterocycles. The Morgan fingerprint density at radius 2 is 1.80 bits per heavy atom. The lowest BCUT2D eigenvalue weighted by atomic mass is 10.1. The van der Waals surface area contributed by atoms with Crippen molar-refractivity contribution in [3.63, 3.8) is 0 Å². The van der Waals surface area contributed by atoms with Crippen LogP contribution in [0.4, 0.5) is 11.4 Å². The average Bonchev–Trinajstić information content (AvgIpc) is 3.00. The van der Waals surface area contributed by atoms with Gasteiger partial charge in [0.25, 0.3) is 0 Å². The highest BCUT2D eigenvalue weighted by Crippen LogP contribution is 2.33. The Bertz CT molecular complexity index is 622. The molecule has 0 radical (unpaired) electrons. The second-order valence-corrected chi connectivity index (χ2v) is 6.56. The molecule has 0 atom stereocenters. The van der Waals surface area contributed by atoms with Crippen LogP contribution in [0.1, 0.15) is 12.0 Å². The summed E-state index contributed by atoms with van der Waals surface area (Å²) >= 11 is 0. The highest BCUT2D eigenvalue weighted by molar-refractivity contribution is 5.96. The molecule has 138 valence electrons. The van der Waals surface area contributed by atoms with Crippen LogP contribution in [-0.2, 0) is 4.74 Å². The van der Waals surface area contributed by atoms with Gasteiger partial charge in [0.15, 0.2) is 5.84 Å². The van der Waals surface area contributed by atoms with Crippen LogP contribution >= 0.6 is 0 Å². The molecule has 0 unspecified atom stereocenters. The van der Waals surface area contributed by atoms with Crippen molar-refractivity contribution in [1.29, 1.82) is 0 Å². The lowest BCUT2D eigenvalue weighted by Crippen LogP contribution is -2.60. The fourth-order valence-electron chi connectivity index (χ4n) is 3.61. The summed E-state index contributed by atoms with van der Waals surface area (Å²) < 4.78 is 5.50. The Morgan fingerprint density at radius 3 is 2.44 bits per heavy atom. The summed E-state index contributed by atoms with van der Waals surface area (Å²) in [5, 5.41) is 8.95. The van der Waals surface area contributed by atoms with Gasteiger partial charge in [-0.25, -0.2) is 10.4 Å². The van der Waals surface area contributed by atoms with Gasteiger partial charge in [-0.2, -0.15) is 0 Å². The molecular formula is C18H30N6O. The minimum Gasteiger partial charge on any atom is -0.378 e. The van der Waals surface area contributed by atoms with Gasteiger partial charge < -0.3 is 9.64 Å². The summed E-state index contributed by atoms with van der Waals surface area (Å²) in [6.07, 6.45) is 0.943. The van der Waals surface area contributed by atoms with Crippen molar-refractivity contribution in [2.75, 3.05) is 58.9 Å². The maximum atomic E-state index is 5.50. The largest absolute Gasteiger partial charge is 0.378 e. The average molecular weight is 346 g/mol.